The van der Waals surface area contributed by atoms with Gasteiger partial charge >= 0.3 is 5.97 Å². The van der Waals surface area contributed by atoms with Crippen molar-refractivity contribution in [1.29, 1.82) is 0 Å². The number of pyridine rings is 1. The lowest BCUT2D eigenvalue weighted by Crippen LogP contribution is -2.36. The lowest BCUT2D eigenvalue weighted by molar-refractivity contribution is 0.0527. The lowest BCUT2D eigenvalue weighted by atomic mass is 9.86. The maximum atomic E-state index is 11.9. The molecule has 1 fully saturated rings. The van der Waals surface area contributed by atoms with Crippen molar-refractivity contribution in [2.75, 3.05) is 24.3 Å². The summed E-state index contributed by atoms with van der Waals surface area (Å²) in [6.45, 7) is 4.41. The van der Waals surface area contributed by atoms with Crippen molar-refractivity contribution in [3.8, 4) is 0 Å². The third-order valence-corrected chi connectivity index (χ3v) is 4.25. The zero-order valence-corrected chi connectivity index (χ0v) is 13.1. The third-order valence-electron chi connectivity index (χ3n) is 4.25. The van der Waals surface area contributed by atoms with Crippen molar-refractivity contribution in [2.45, 2.75) is 45.6 Å². The van der Waals surface area contributed by atoms with E-state index in [1.165, 1.54) is 12.8 Å². The Morgan fingerprint density at radius 3 is 2.95 bits per heavy atom. The number of anilines is 2. The number of nitrogens with two attached hydrogens (primary N) is 1. The molecule has 0 amide bonds. The summed E-state index contributed by atoms with van der Waals surface area (Å²) in [5.74, 6) is 1.02. The van der Waals surface area contributed by atoms with Gasteiger partial charge in [-0.1, -0.05) is 19.8 Å². The number of aromatic nitrogens is 1. The van der Waals surface area contributed by atoms with Crippen LogP contribution in [0.4, 0.5) is 11.5 Å². The van der Waals surface area contributed by atoms with E-state index in [0.29, 0.717) is 29.7 Å². The first kappa shape index (κ1) is 15.6. The van der Waals surface area contributed by atoms with Crippen LogP contribution in [0.3, 0.4) is 0 Å². The van der Waals surface area contributed by atoms with Crippen LogP contribution >= 0.6 is 0 Å². The summed E-state index contributed by atoms with van der Waals surface area (Å²) < 4.78 is 5.04. The lowest BCUT2D eigenvalue weighted by Gasteiger charge is -2.35. The second kappa shape index (κ2) is 6.78. The Morgan fingerprint density at radius 2 is 2.29 bits per heavy atom. The van der Waals surface area contributed by atoms with Gasteiger partial charge in [-0.3, -0.25) is 0 Å². The highest BCUT2D eigenvalue weighted by atomic mass is 16.5. The van der Waals surface area contributed by atoms with Crippen LogP contribution in [0.15, 0.2) is 12.3 Å². The molecule has 1 aromatic heterocycles. The molecule has 2 atom stereocenters. The minimum atomic E-state index is -0.385. The van der Waals surface area contributed by atoms with Crippen molar-refractivity contribution in [2.24, 2.45) is 5.92 Å². The van der Waals surface area contributed by atoms with Crippen LogP contribution in [0.25, 0.3) is 0 Å². The number of nitrogen functional groups attached to an aromatic ring is 1. The molecule has 116 valence electrons. The molecule has 0 saturated heterocycles. The Balaban J connectivity index is 2.23. The van der Waals surface area contributed by atoms with E-state index in [-0.39, 0.29) is 5.97 Å². The Labute approximate surface area is 126 Å². The molecule has 1 aliphatic carbocycles. The first-order valence-electron chi connectivity index (χ1n) is 7.69. The summed E-state index contributed by atoms with van der Waals surface area (Å²) in [5.41, 5.74) is 6.97. The predicted octanol–water partition coefficient (Wildman–Crippen LogP) is 2.86. The fourth-order valence-electron chi connectivity index (χ4n) is 3.06. The van der Waals surface area contributed by atoms with Crippen LogP contribution in [0.2, 0.25) is 0 Å². The number of ether oxygens (including phenoxy) is 1. The minimum Gasteiger partial charge on any atom is -0.462 e. The molecule has 0 bridgehead atoms. The molecule has 0 aliphatic heterocycles. The van der Waals surface area contributed by atoms with E-state index >= 15 is 0 Å². The number of hydrogen-bond donors (Lipinski definition) is 1. The molecular formula is C16H25N3O2. The summed E-state index contributed by atoms with van der Waals surface area (Å²) in [6.07, 6.45) is 6.43. The number of hydrogen-bond acceptors (Lipinski definition) is 5. The van der Waals surface area contributed by atoms with Gasteiger partial charge in [0.2, 0.25) is 0 Å². The SMILES string of the molecule is CCOC(=O)c1ccnc(N(C)C2CCCC(C)C2)c1N. The average molecular weight is 291 g/mol. The zero-order valence-electron chi connectivity index (χ0n) is 13.1. The van der Waals surface area contributed by atoms with Gasteiger partial charge in [0.15, 0.2) is 5.82 Å². The van der Waals surface area contributed by atoms with Crippen molar-refractivity contribution in [1.82, 2.24) is 4.98 Å². The van der Waals surface area contributed by atoms with E-state index in [2.05, 4.69) is 16.8 Å². The fraction of sp³-hybridized carbons (Fsp3) is 0.625. The summed E-state index contributed by atoms with van der Waals surface area (Å²) >= 11 is 0. The molecule has 1 aromatic rings. The van der Waals surface area contributed by atoms with Gasteiger partial charge in [-0.25, -0.2) is 9.78 Å². The van der Waals surface area contributed by atoms with Crippen LogP contribution in [0, 0.1) is 5.92 Å². The highest BCUT2D eigenvalue weighted by Gasteiger charge is 2.25. The minimum absolute atomic E-state index is 0.339. The van der Waals surface area contributed by atoms with Crippen LogP contribution in [0.5, 0.6) is 0 Å². The van der Waals surface area contributed by atoms with Crippen LogP contribution in [-0.2, 0) is 4.74 Å². The maximum absolute atomic E-state index is 11.9. The summed E-state index contributed by atoms with van der Waals surface area (Å²) in [4.78, 5) is 18.4. The van der Waals surface area contributed by atoms with Gasteiger partial charge in [0.1, 0.15) is 0 Å². The topological polar surface area (TPSA) is 68.5 Å². The van der Waals surface area contributed by atoms with Crippen molar-refractivity contribution in [3.63, 3.8) is 0 Å². The van der Waals surface area contributed by atoms with Gasteiger partial charge < -0.3 is 15.4 Å². The highest BCUT2D eigenvalue weighted by Crippen LogP contribution is 2.32. The quantitative estimate of drug-likeness (QED) is 0.864. The Kier molecular flexibility index (Phi) is 5.04. The molecule has 2 rings (SSSR count). The third kappa shape index (κ3) is 3.46. The summed E-state index contributed by atoms with van der Waals surface area (Å²) in [6, 6.07) is 2.05. The molecule has 21 heavy (non-hydrogen) atoms. The fourth-order valence-corrected chi connectivity index (χ4v) is 3.06. The van der Waals surface area contributed by atoms with Crippen LogP contribution in [0.1, 0.15) is 49.9 Å². The molecule has 1 aliphatic rings. The smallest absolute Gasteiger partial charge is 0.340 e. The molecule has 1 heterocycles. The number of nitrogens with zero attached hydrogens (tertiary/aromatic N) is 2. The summed E-state index contributed by atoms with van der Waals surface area (Å²) in [7, 11) is 2.01. The van der Waals surface area contributed by atoms with Gasteiger partial charge in [-0.15, -0.1) is 0 Å². The maximum Gasteiger partial charge on any atom is 0.340 e. The molecule has 1 saturated carbocycles. The molecular weight excluding hydrogens is 266 g/mol. The number of esters is 1. The van der Waals surface area contributed by atoms with Gasteiger partial charge in [0, 0.05) is 19.3 Å². The van der Waals surface area contributed by atoms with Crippen molar-refractivity contribution < 1.29 is 9.53 Å². The number of rotatable bonds is 4. The predicted molar refractivity (Wildman–Crippen MR) is 84.4 cm³/mol. The van der Waals surface area contributed by atoms with E-state index in [1.54, 1.807) is 19.2 Å². The van der Waals surface area contributed by atoms with E-state index < -0.39 is 0 Å². The molecule has 0 radical (unpaired) electrons. The monoisotopic (exact) mass is 291 g/mol. The molecule has 0 aromatic carbocycles. The number of carbonyl (C=O) groups is 1. The molecule has 5 nitrogen and oxygen atoms in total. The van der Waals surface area contributed by atoms with E-state index in [9.17, 15) is 4.79 Å². The molecule has 2 N–H and O–H groups in total. The first-order valence-corrected chi connectivity index (χ1v) is 7.69. The molecule has 2 unspecified atom stereocenters. The first-order chi connectivity index (χ1) is 10.0. The van der Waals surface area contributed by atoms with Crippen LogP contribution in [-0.4, -0.2) is 30.6 Å². The van der Waals surface area contributed by atoms with Gasteiger partial charge in [0.25, 0.3) is 0 Å². The largest absolute Gasteiger partial charge is 0.462 e. The zero-order chi connectivity index (χ0) is 15.4. The Hall–Kier alpha value is -1.78. The normalized spacial score (nSPS) is 21.9. The van der Waals surface area contributed by atoms with E-state index in [4.69, 9.17) is 10.5 Å². The van der Waals surface area contributed by atoms with E-state index in [1.807, 2.05) is 7.05 Å². The second-order valence-corrected chi connectivity index (χ2v) is 5.85. The standard InChI is InChI=1S/C16H25N3O2/c1-4-21-16(20)13-8-9-18-15(14(13)17)19(3)12-7-5-6-11(2)10-12/h8-9,11-12H,4-7,10,17H2,1-3H3. The van der Waals surface area contributed by atoms with Crippen LogP contribution < -0.4 is 10.6 Å². The van der Waals surface area contributed by atoms with E-state index in [0.717, 1.165) is 18.8 Å². The molecule has 0 spiro atoms. The second-order valence-electron chi connectivity index (χ2n) is 5.85. The van der Waals surface area contributed by atoms with Gasteiger partial charge in [-0.05, 0) is 31.7 Å². The number of carbonyl (C=O) groups excluding carboxylic acids is 1. The Bertz CT molecular complexity index is 504. The highest BCUT2D eigenvalue weighted by molar-refractivity contribution is 5.97. The summed E-state index contributed by atoms with van der Waals surface area (Å²) in [5, 5.41) is 0. The van der Waals surface area contributed by atoms with Gasteiger partial charge in [-0.2, -0.15) is 0 Å². The average Bonchev–Trinajstić information content (AvgIpc) is 2.47. The van der Waals surface area contributed by atoms with Gasteiger partial charge in [0.05, 0.1) is 17.9 Å². The van der Waals surface area contributed by atoms with Crippen molar-refractivity contribution in [3.05, 3.63) is 17.8 Å². The Morgan fingerprint density at radius 1 is 1.52 bits per heavy atom. The van der Waals surface area contributed by atoms with Crippen molar-refractivity contribution >= 4 is 17.5 Å². The molecule has 5 heteroatoms.